The maximum atomic E-state index is 11.6. The van der Waals surface area contributed by atoms with Crippen molar-refractivity contribution in [1.82, 2.24) is 0 Å². The lowest BCUT2D eigenvalue weighted by molar-refractivity contribution is -0.110. The summed E-state index contributed by atoms with van der Waals surface area (Å²) in [7, 11) is 0. The number of nitrogens with zero attached hydrogens (tertiary/aromatic N) is 1. The highest BCUT2D eigenvalue weighted by Gasteiger charge is 1.98. The molecule has 0 aromatic heterocycles. The highest BCUT2D eigenvalue weighted by atomic mass is 16.6. The van der Waals surface area contributed by atoms with Crippen molar-refractivity contribution < 1.29 is 9.63 Å². The van der Waals surface area contributed by atoms with E-state index >= 15 is 0 Å². The molecule has 2 aromatic carbocycles. The predicted octanol–water partition coefficient (Wildman–Crippen LogP) is 3.14. The second-order valence-electron chi connectivity index (χ2n) is 4.35. The first-order valence-corrected chi connectivity index (χ1v) is 6.31. The monoisotopic (exact) mass is 268 g/mol. The molecule has 0 saturated carbocycles. The Hall–Kier alpha value is -2.62. The topological polar surface area (TPSA) is 50.7 Å². The first-order valence-electron chi connectivity index (χ1n) is 6.31. The van der Waals surface area contributed by atoms with Gasteiger partial charge in [-0.2, -0.15) is 0 Å². The van der Waals surface area contributed by atoms with Gasteiger partial charge in [-0.3, -0.25) is 4.79 Å². The van der Waals surface area contributed by atoms with Gasteiger partial charge in [0.25, 0.3) is 5.91 Å². The van der Waals surface area contributed by atoms with Gasteiger partial charge in [-0.15, -0.1) is 0 Å². The number of hydrogen-bond acceptors (Lipinski definition) is 3. The van der Waals surface area contributed by atoms with Crippen LogP contribution >= 0.6 is 0 Å². The fraction of sp³-hybridized carbons (Fsp3) is 0.125. The van der Waals surface area contributed by atoms with Crippen molar-refractivity contribution in [3.8, 4) is 0 Å². The van der Waals surface area contributed by atoms with Crippen LogP contribution in [0, 0.1) is 6.92 Å². The number of carbonyl (C=O) groups excluding carboxylic acids is 1. The second kappa shape index (κ2) is 7.09. The first-order chi connectivity index (χ1) is 9.74. The molecule has 0 bridgehead atoms. The number of amides is 1. The molecule has 0 heterocycles. The zero-order valence-electron chi connectivity index (χ0n) is 11.2. The van der Waals surface area contributed by atoms with Gasteiger partial charge < -0.3 is 10.2 Å². The van der Waals surface area contributed by atoms with Gasteiger partial charge in [0.2, 0.25) is 0 Å². The smallest absolute Gasteiger partial charge is 0.270 e. The van der Waals surface area contributed by atoms with Gasteiger partial charge in [-0.1, -0.05) is 53.2 Å². The fourth-order valence-electron chi connectivity index (χ4n) is 1.58. The van der Waals surface area contributed by atoms with Crippen LogP contribution in [0.4, 0.5) is 5.69 Å². The van der Waals surface area contributed by atoms with E-state index in [9.17, 15) is 4.79 Å². The van der Waals surface area contributed by atoms with E-state index in [0.717, 1.165) is 23.0 Å². The third-order valence-corrected chi connectivity index (χ3v) is 2.64. The second-order valence-corrected chi connectivity index (χ2v) is 4.35. The molecule has 4 heteroatoms. The summed E-state index contributed by atoms with van der Waals surface area (Å²) in [6.07, 6.45) is 1.13. The third kappa shape index (κ3) is 4.57. The quantitative estimate of drug-likeness (QED) is 0.669. The Labute approximate surface area is 118 Å². The molecule has 0 fully saturated rings. The zero-order chi connectivity index (χ0) is 14.2. The van der Waals surface area contributed by atoms with E-state index in [2.05, 4.69) is 10.5 Å². The summed E-state index contributed by atoms with van der Waals surface area (Å²) in [5.41, 5.74) is 2.88. The molecule has 102 valence electrons. The molecule has 1 amide bonds. The number of rotatable bonds is 5. The fourth-order valence-corrected chi connectivity index (χ4v) is 1.58. The average Bonchev–Trinajstić information content (AvgIpc) is 2.47. The molecule has 0 radical (unpaired) electrons. The highest BCUT2D eigenvalue weighted by molar-refractivity contribution is 6.31. The van der Waals surface area contributed by atoms with Crippen LogP contribution in [-0.2, 0) is 16.2 Å². The van der Waals surface area contributed by atoms with Crippen molar-refractivity contribution in [2.45, 2.75) is 13.5 Å². The van der Waals surface area contributed by atoms with Crippen molar-refractivity contribution in [3.05, 3.63) is 65.7 Å². The molecule has 4 nitrogen and oxygen atoms in total. The Morgan fingerprint density at radius 3 is 2.55 bits per heavy atom. The molecule has 0 spiro atoms. The van der Waals surface area contributed by atoms with Crippen LogP contribution in [0.1, 0.15) is 11.1 Å². The summed E-state index contributed by atoms with van der Waals surface area (Å²) in [6.45, 7) is 2.33. The van der Waals surface area contributed by atoms with Crippen LogP contribution in [0.2, 0.25) is 0 Å². The van der Waals surface area contributed by atoms with Crippen LogP contribution in [0.25, 0.3) is 0 Å². The van der Waals surface area contributed by atoms with Crippen molar-refractivity contribution in [2.24, 2.45) is 5.16 Å². The van der Waals surface area contributed by atoms with Crippen LogP contribution < -0.4 is 5.32 Å². The van der Waals surface area contributed by atoms with Crippen molar-refractivity contribution in [1.29, 1.82) is 0 Å². The van der Waals surface area contributed by atoms with Crippen molar-refractivity contribution in [3.63, 3.8) is 0 Å². The molecule has 20 heavy (non-hydrogen) atoms. The number of aryl methyl sites for hydroxylation is 1. The maximum Gasteiger partial charge on any atom is 0.270 e. The standard InChI is InChI=1S/C16H16N2O2/c1-13-7-9-15(10-8-13)18-16(19)11-17-20-12-14-5-3-2-4-6-14/h2-11H,12H2,1H3,(H,18,19). The van der Waals surface area contributed by atoms with Gasteiger partial charge in [-0.05, 0) is 24.6 Å². The van der Waals surface area contributed by atoms with Crippen LogP contribution in [0.5, 0.6) is 0 Å². The summed E-state index contributed by atoms with van der Waals surface area (Å²) in [4.78, 5) is 16.6. The summed E-state index contributed by atoms with van der Waals surface area (Å²) >= 11 is 0. The summed E-state index contributed by atoms with van der Waals surface area (Å²) in [5, 5.41) is 6.34. The van der Waals surface area contributed by atoms with Crippen LogP contribution in [0.15, 0.2) is 59.8 Å². The molecule has 2 rings (SSSR count). The summed E-state index contributed by atoms with van der Waals surface area (Å²) < 4.78 is 0. The minimum absolute atomic E-state index is 0.318. The molecule has 0 aliphatic rings. The number of carbonyl (C=O) groups is 1. The summed E-state index contributed by atoms with van der Waals surface area (Å²) in [5.74, 6) is -0.318. The van der Waals surface area contributed by atoms with E-state index in [4.69, 9.17) is 4.84 Å². The van der Waals surface area contributed by atoms with E-state index in [1.54, 1.807) is 0 Å². The SMILES string of the molecule is Cc1ccc(NC(=O)C=NOCc2ccccc2)cc1. The van der Waals surface area contributed by atoms with Crippen molar-refractivity contribution >= 4 is 17.8 Å². The minimum Gasteiger partial charge on any atom is -0.391 e. The Morgan fingerprint density at radius 2 is 1.85 bits per heavy atom. The molecular formula is C16H16N2O2. The average molecular weight is 268 g/mol. The van der Waals surface area contributed by atoms with Crippen molar-refractivity contribution in [2.75, 3.05) is 5.32 Å². The Kier molecular flexibility index (Phi) is 4.89. The molecule has 0 saturated heterocycles. The number of hydrogen-bond donors (Lipinski definition) is 1. The van der Waals surface area contributed by atoms with E-state index in [-0.39, 0.29) is 5.91 Å². The number of anilines is 1. The largest absolute Gasteiger partial charge is 0.391 e. The van der Waals surface area contributed by atoms with Crippen LogP contribution in [-0.4, -0.2) is 12.1 Å². The first kappa shape index (κ1) is 13.8. The minimum atomic E-state index is -0.318. The summed E-state index contributed by atoms with van der Waals surface area (Å²) in [6, 6.07) is 17.2. The molecule has 0 aliphatic heterocycles. The van der Waals surface area contributed by atoms with E-state index < -0.39 is 0 Å². The van der Waals surface area contributed by atoms with E-state index in [1.165, 1.54) is 0 Å². The molecule has 0 atom stereocenters. The lowest BCUT2D eigenvalue weighted by Crippen LogP contribution is -2.12. The third-order valence-electron chi connectivity index (χ3n) is 2.64. The van der Waals surface area contributed by atoms with Gasteiger partial charge in [0.15, 0.2) is 0 Å². The van der Waals surface area contributed by atoms with Gasteiger partial charge in [-0.25, -0.2) is 0 Å². The Balaban J connectivity index is 1.76. The van der Waals surface area contributed by atoms with Gasteiger partial charge in [0, 0.05) is 5.69 Å². The van der Waals surface area contributed by atoms with Gasteiger partial charge >= 0.3 is 0 Å². The maximum absolute atomic E-state index is 11.6. The lowest BCUT2D eigenvalue weighted by Gasteiger charge is -2.02. The Bertz CT molecular complexity index is 577. The molecule has 1 N–H and O–H groups in total. The van der Waals surface area contributed by atoms with Crippen LogP contribution in [0.3, 0.4) is 0 Å². The number of nitrogens with one attached hydrogen (secondary N) is 1. The lowest BCUT2D eigenvalue weighted by atomic mass is 10.2. The molecule has 0 aliphatic carbocycles. The molecular weight excluding hydrogens is 252 g/mol. The molecule has 0 unspecified atom stereocenters. The van der Waals surface area contributed by atoms with Gasteiger partial charge in [0.05, 0.1) is 0 Å². The number of benzene rings is 2. The highest BCUT2D eigenvalue weighted by Crippen LogP contribution is 2.07. The predicted molar refractivity (Wildman–Crippen MR) is 79.5 cm³/mol. The molecule has 2 aromatic rings. The zero-order valence-corrected chi connectivity index (χ0v) is 11.2. The van der Waals surface area contributed by atoms with E-state index in [0.29, 0.717) is 6.61 Å². The Morgan fingerprint density at radius 1 is 1.15 bits per heavy atom. The normalized spacial score (nSPS) is 10.4. The number of oxime groups is 1. The van der Waals surface area contributed by atoms with E-state index in [1.807, 2.05) is 61.5 Å². The van der Waals surface area contributed by atoms with Gasteiger partial charge in [0.1, 0.15) is 12.8 Å².